The van der Waals surface area contributed by atoms with Crippen molar-refractivity contribution in [2.24, 2.45) is 0 Å². The van der Waals surface area contributed by atoms with Crippen LogP contribution in [0.1, 0.15) is 20.9 Å². The zero-order chi connectivity index (χ0) is 13.1. The second kappa shape index (κ2) is 5.68. The maximum Gasteiger partial charge on any atom is 0.0998 e. The van der Waals surface area contributed by atoms with Gasteiger partial charge in [-0.15, -0.1) is 11.3 Å². The Morgan fingerprint density at radius 1 is 1.28 bits per heavy atom. The van der Waals surface area contributed by atoms with Gasteiger partial charge in [-0.25, -0.2) is 0 Å². The van der Waals surface area contributed by atoms with Gasteiger partial charge in [-0.2, -0.15) is 5.26 Å². The van der Waals surface area contributed by atoms with Crippen molar-refractivity contribution in [3.8, 4) is 6.07 Å². The minimum atomic E-state index is 0.715. The Morgan fingerprint density at radius 2 is 1.94 bits per heavy atom. The number of allylic oxidation sites excluding steroid dienone is 1. The van der Waals surface area contributed by atoms with Crippen molar-refractivity contribution in [3.05, 3.63) is 54.8 Å². The zero-order valence-corrected chi connectivity index (χ0v) is 13.2. The lowest BCUT2D eigenvalue weighted by Gasteiger charge is -1.99. The number of thiophene rings is 1. The van der Waals surface area contributed by atoms with Gasteiger partial charge in [0.2, 0.25) is 0 Å². The Morgan fingerprint density at radius 3 is 2.44 bits per heavy atom. The third-order valence-corrected chi connectivity index (χ3v) is 4.36. The molecule has 3 heteroatoms. The summed E-state index contributed by atoms with van der Waals surface area (Å²) in [6.45, 7) is 4.18. The van der Waals surface area contributed by atoms with Crippen LogP contribution in [0, 0.1) is 28.7 Å². The van der Waals surface area contributed by atoms with Gasteiger partial charge in [-0.3, -0.25) is 0 Å². The smallest absolute Gasteiger partial charge is 0.0998 e. The van der Waals surface area contributed by atoms with Crippen molar-refractivity contribution >= 4 is 45.6 Å². The molecule has 0 radical (unpaired) electrons. The summed E-state index contributed by atoms with van der Waals surface area (Å²) in [5.74, 6) is 0. The first-order valence-corrected chi connectivity index (χ1v) is 7.44. The number of benzene rings is 1. The van der Waals surface area contributed by atoms with Crippen molar-refractivity contribution in [1.82, 2.24) is 0 Å². The molecule has 2 rings (SSSR count). The number of nitriles is 1. The highest BCUT2D eigenvalue weighted by molar-refractivity contribution is 14.1. The van der Waals surface area contributed by atoms with E-state index in [2.05, 4.69) is 48.6 Å². The van der Waals surface area contributed by atoms with Crippen LogP contribution in [-0.2, 0) is 0 Å². The van der Waals surface area contributed by atoms with Crippen molar-refractivity contribution in [2.45, 2.75) is 13.8 Å². The van der Waals surface area contributed by atoms with E-state index in [1.165, 1.54) is 13.3 Å². The molecule has 2 aromatic rings. The summed E-state index contributed by atoms with van der Waals surface area (Å²) in [7, 11) is 0. The molecule has 0 bridgehead atoms. The van der Waals surface area contributed by atoms with Crippen LogP contribution in [0.25, 0.3) is 11.6 Å². The second-order valence-electron chi connectivity index (χ2n) is 4.05. The average molecular weight is 365 g/mol. The largest absolute Gasteiger partial charge is 0.192 e. The van der Waals surface area contributed by atoms with Crippen LogP contribution in [0.2, 0.25) is 0 Å². The molecule has 90 valence electrons. The maximum absolute atomic E-state index is 9.29. The number of rotatable bonds is 2. The van der Waals surface area contributed by atoms with Gasteiger partial charge in [0.05, 0.1) is 11.6 Å². The summed E-state index contributed by atoms with van der Waals surface area (Å²) in [6.07, 6.45) is 1.97. The molecule has 0 aliphatic heterocycles. The average Bonchev–Trinajstić information content (AvgIpc) is 2.66. The molecule has 0 unspecified atom stereocenters. The number of nitrogens with zero attached hydrogens (tertiary/aromatic N) is 1. The third-order valence-electron chi connectivity index (χ3n) is 2.65. The van der Waals surface area contributed by atoms with E-state index in [0.29, 0.717) is 5.57 Å². The molecule has 0 spiro atoms. The van der Waals surface area contributed by atoms with Crippen LogP contribution >= 0.6 is 33.9 Å². The van der Waals surface area contributed by atoms with Crippen molar-refractivity contribution in [1.29, 1.82) is 5.26 Å². The summed E-state index contributed by atoms with van der Waals surface area (Å²) in [5, 5.41) is 9.29. The lowest BCUT2D eigenvalue weighted by molar-refractivity contribution is 1.51. The van der Waals surface area contributed by atoms with Crippen LogP contribution < -0.4 is 0 Å². The lowest BCUT2D eigenvalue weighted by Crippen LogP contribution is -1.82. The van der Waals surface area contributed by atoms with Crippen LogP contribution in [-0.4, -0.2) is 0 Å². The first-order valence-electron chi connectivity index (χ1n) is 5.55. The Bertz CT molecular complexity index is 630. The van der Waals surface area contributed by atoms with Crippen molar-refractivity contribution in [2.75, 3.05) is 0 Å². The Kier molecular flexibility index (Phi) is 4.20. The molecule has 0 amide bonds. The van der Waals surface area contributed by atoms with Crippen molar-refractivity contribution < 1.29 is 0 Å². The van der Waals surface area contributed by atoms with E-state index in [-0.39, 0.29) is 0 Å². The van der Waals surface area contributed by atoms with E-state index in [4.69, 9.17) is 0 Å². The summed E-state index contributed by atoms with van der Waals surface area (Å²) >= 11 is 4.03. The predicted molar refractivity (Wildman–Crippen MR) is 86.4 cm³/mol. The Labute approximate surface area is 125 Å². The number of halogens is 1. The first-order chi connectivity index (χ1) is 8.60. The van der Waals surface area contributed by atoms with Gasteiger partial charge in [0, 0.05) is 13.3 Å². The molecule has 1 heterocycles. The standard InChI is InChI=1S/C15H12INS/c1-10-7-13(11(2)18-10)8-14(9-17)12-3-5-15(16)6-4-12/h3-8H,1-2H3/b14-8+. The molecule has 0 saturated heterocycles. The molecule has 0 fully saturated rings. The summed E-state index contributed by atoms with van der Waals surface area (Å²) < 4.78 is 1.18. The molecular weight excluding hydrogens is 353 g/mol. The van der Waals surface area contributed by atoms with E-state index in [1.807, 2.05) is 30.3 Å². The summed E-state index contributed by atoms with van der Waals surface area (Å²) in [5.41, 5.74) is 2.83. The molecule has 0 atom stereocenters. The molecule has 18 heavy (non-hydrogen) atoms. The molecule has 0 N–H and O–H groups in total. The van der Waals surface area contributed by atoms with Gasteiger partial charge in [0.25, 0.3) is 0 Å². The number of aryl methyl sites for hydroxylation is 2. The van der Waals surface area contributed by atoms with Crippen LogP contribution in [0.4, 0.5) is 0 Å². The van der Waals surface area contributed by atoms with Gasteiger partial charge < -0.3 is 0 Å². The molecule has 1 nitrogen and oxygen atoms in total. The quantitative estimate of drug-likeness (QED) is 0.541. The minimum absolute atomic E-state index is 0.715. The third kappa shape index (κ3) is 3.01. The Hall–Kier alpha value is -1.12. The lowest BCUT2D eigenvalue weighted by atomic mass is 10.0. The van der Waals surface area contributed by atoms with E-state index in [1.54, 1.807) is 11.3 Å². The molecule has 0 aliphatic rings. The number of hydrogen-bond donors (Lipinski definition) is 0. The highest BCUT2D eigenvalue weighted by atomic mass is 127. The Balaban J connectivity index is 2.43. The highest BCUT2D eigenvalue weighted by Crippen LogP contribution is 2.25. The molecule has 1 aromatic heterocycles. The van der Waals surface area contributed by atoms with E-state index in [9.17, 15) is 5.26 Å². The summed E-state index contributed by atoms with van der Waals surface area (Å²) in [4.78, 5) is 2.53. The second-order valence-corrected chi connectivity index (χ2v) is 6.75. The van der Waals surface area contributed by atoms with Gasteiger partial charge in [0.15, 0.2) is 0 Å². The van der Waals surface area contributed by atoms with Crippen LogP contribution in [0.15, 0.2) is 30.3 Å². The fourth-order valence-corrected chi connectivity index (χ4v) is 3.02. The molecule has 1 aromatic carbocycles. The van der Waals surface area contributed by atoms with Gasteiger partial charge in [0.1, 0.15) is 0 Å². The van der Waals surface area contributed by atoms with Crippen LogP contribution in [0.3, 0.4) is 0 Å². The number of hydrogen-bond acceptors (Lipinski definition) is 2. The van der Waals surface area contributed by atoms with Gasteiger partial charge in [-0.1, -0.05) is 12.1 Å². The van der Waals surface area contributed by atoms with Gasteiger partial charge in [-0.05, 0) is 71.8 Å². The van der Waals surface area contributed by atoms with E-state index >= 15 is 0 Å². The predicted octanol–water partition coefficient (Wildman–Crippen LogP) is 5.03. The minimum Gasteiger partial charge on any atom is -0.192 e. The van der Waals surface area contributed by atoms with Crippen molar-refractivity contribution in [3.63, 3.8) is 0 Å². The fraction of sp³-hybridized carbons (Fsp3) is 0.133. The fourth-order valence-electron chi connectivity index (χ4n) is 1.76. The van der Waals surface area contributed by atoms with Gasteiger partial charge >= 0.3 is 0 Å². The first kappa shape index (κ1) is 13.3. The zero-order valence-electron chi connectivity index (χ0n) is 10.2. The SMILES string of the molecule is Cc1cc(/C=C(\C#N)c2ccc(I)cc2)c(C)s1. The monoisotopic (exact) mass is 365 g/mol. The maximum atomic E-state index is 9.29. The topological polar surface area (TPSA) is 23.8 Å². The molecular formula is C15H12INS. The highest BCUT2D eigenvalue weighted by Gasteiger charge is 2.04. The molecule has 0 aliphatic carbocycles. The normalized spacial score (nSPS) is 11.3. The molecule has 0 saturated carbocycles. The summed E-state index contributed by atoms with van der Waals surface area (Å²) in [6, 6.07) is 12.4. The van der Waals surface area contributed by atoms with E-state index < -0.39 is 0 Å². The van der Waals surface area contributed by atoms with E-state index in [0.717, 1.165) is 11.1 Å². The van der Waals surface area contributed by atoms with Crippen LogP contribution in [0.5, 0.6) is 0 Å².